The fraction of sp³-hybridized carbons (Fsp3) is 0.611. The Morgan fingerprint density at radius 2 is 2.48 bits per heavy atom. The third kappa shape index (κ3) is 1.32. The van der Waals surface area contributed by atoms with Crippen LogP contribution in [0.3, 0.4) is 0 Å². The van der Waals surface area contributed by atoms with Crippen molar-refractivity contribution in [3.05, 3.63) is 23.3 Å². The summed E-state index contributed by atoms with van der Waals surface area (Å²) in [6, 6.07) is 0.417. The SMILES string of the molecule is [2H]C([2H])([2H])Oc1ccc2c3c1OC1([2H])C(=O)C([2H])([2H])C[C@@]4(O)[C@H](N(C([2H])([2H])[2H])CC[C@]314)C2([2H])[2H]. The molecule has 5 rings (SSSR count). The lowest BCUT2D eigenvalue weighted by atomic mass is 9.49. The van der Waals surface area contributed by atoms with E-state index in [-0.39, 0.29) is 24.1 Å². The van der Waals surface area contributed by atoms with Gasteiger partial charge in [0.25, 0.3) is 0 Å². The first-order valence-electron chi connectivity index (χ1n) is 12.8. The quantitative estimate of drug-likeness (QED) is 0.836. The van der Waals surface area contributed by atoms with E-state index in [0.29, 0.717) is 0 Å². The maximum Gasteiger partial charge on any atom is 0.174 e. The molecule has 4 atom stereocenters. The molecular weight excluding hydrogens is 294 g/mol. The Kier molecular flexibility index (Phi) is 1.19. The van der Waals surface area contributed by atoms with E-state index < -0.39 is 73.6 Å². The molecule has 0 amide bonds. The lowest BCUT2D eigenvalue weighted by Crippen LogP contribution is -2.76. The van der Waals surface area contributed by atoms with E-state index >= 15 is 0 Å². The zero-order chi connectivity index (χ0) is 25.5. The van der Waals surface area contributed by atoms with Gasteiger partial charge in [-0.15, -0.1) is 0 Å². The van der Waals surface area contributed by atoms with Crippen LogP contribution in [-0.4, -0.2) is 54.1 Å². The standard InChI is InChI=1S/C18H21NO4/c1-19-8-7-17-14-10-3-4-12(22-2)15(14)23-16(17)11(20)5-6-18(17,21)13(19)9-10/h3-4,13,16,21H,5-9H2,1-2H3/t13-,16?,17+,18-/m1/s1/i1D3,2D3,5D2,9D2,16D. The van der Waals surface area contributed by atoms with Crippen molar-refractivity contribution in [3.8, 4) is 11.5 Å². The van der Waals surface area contributed by atoms with E-state index in [1.54, 1.807) is 0 Å². The number of rotatable bonds is 1. The van der Waals surface area contributed by atoms with Gasteiger partial charge in [0.2, 0.25) is 0 Å². The third-order valence-corrected chi connectivity index (χ3v) is 5.50. The molecule has 1 saturated carbocycles. The first kappa shape index (κ1) is 6.73. The van der Waals surface area contributed by atoms with E-state index in [9.17, 15) is 9.90 Å². The summed E-state index contributed by atoms with van der Waals surface area (Å²) in [4.78, 5) is 14.1. The summed E-state index contributed by atoms with van der Waals surface area (Å²) in [7, 11) is -2.97. The highest BCUT2D eigenvalue weighted by Crippen LogP contribution is 2.64. The largest absolute Gasteiger partial charge is 0.493 e. The van der Waals surface area contributed by atoms with Crippen molar-refractivity contribution in [1.82, 2.24) is 4.90 Å². The van der Waals surface area contributed by atoms with Crippen molar-refractivity contribution in [2.75, 3.05) is 20.6 Å². The number of likely N-dealkylation sites (tertiary alicyclic amines) is 1. The van der Waals surface area contributed by atoms with Crippen molar-refractivity contribution < 1.29 is 34.5 Å². The van der Waals surface area contributed by atoms with Crippen LogP contribution in [0.1, 0.15) is 45.4 Å². The zero-order valence-electron chi connectivity index (χ0n) is 23.0. The van der Waals surface area contributed by atoms with Crippen molar-refractivity contribution in [3.63, 3.8) is 0 Å². The molecule has 4 aliphatic rings. The van der Waals surface area contributed by atoms with E-state index in [2.05, 4.69) is 0 Å². The molecule has 1 aromatic carbocycles. The number of carbonyl (C=O) groups excluding carboxylic acids is 1. The monoisotopic (exact) mass is 326 g/mol. The molecule has 1 unspecified atom stereocenters. The minimum absolute atomic E-state index is 0.151. The Morgan fingerprint density at radius 3 is 3.30 bits per heavy atom. The van der Waals surface area contributed by atoms with Crippen LogP contribution in [0.15, 0.2) is 12.1 Å². The highest BCUT2D eigenvalue weighted by atomic mass is 16.5. The summed E-state index contributed by atoms with van der Waals surface area (Å²) in [6.07, 6.45) is -9.61. The number of carbonyl (C=O) groups is 1. The van der Waals surface area contributed by atoms with Crippen molar-refractivity contribution in [2.45, 2.75) is 48.7 Å². The summed E-state index contributed by atoms with van der Waals surface area (Å²) in [6.45, 7) is -3.23. The number of benzene rings is 1. The predicted molar refractivity (Wildman–Crippen MR) is 83.0 cm³/mol. The van der Waals surface area contributed by atoms with E-state index in [0.717, 1.165) is 11.0 Å². The Labute approximate surface area is 150 Å². The molecule has 1 spiro atoms. The smallest absolute Gasteiger partial charge is 0.174 e. The Balaban J connectivity index is 1.90. The first-order chi connectivity index (χ1) is 15.2. The Morgan fingerprint density at radius 1 is 1.57 bits per heavy atom. The van der Waals surface area contributed by atoms with Crippen molar-refractivity contribution >= 4 is 5.78 Å². The van der Waals surface area contributed by atoms with Gasteiger partial charge < -0.3 is 19.5 Å². The van der Waals surface area contributed by atoms with E-state index in [4.69, 9.17) is 24.6 Å². The lowest BCUT2D eigenvalue weighted by Gasteiger charge is -2.62. The highest BCUT2D eigenvalue weighted by molar-refractivity contribution is 5.90. The maximum absolute atomic E-state index is 13.3. The molecule has 0 radical (unpaired) electrons. The molecule has 2 aliphatic carbocycles. The fourth-order valence-corrected chi connectivity index (χ4v) is 4.50. The topological polar surface area (TPSA) is 59.0 Å². The number of methoxy groups -OCH3 is 1. The van der Waals surface area contributed by atoms with Gasteiger partial charge in [-0.1, -0.05) is 6.07 Å². The third-order valence-electron chi connectivity index (χ3n) is 5.50. The Bertz CT molecular complexity index is 1120. The summed E-state index contributed by atoms with van der Waals surface area (Å²) >= 11 is 0. The lowest BCUT2D eigenvalue weighted by molar-refractivity contribution is -0.185. The van der Waals surface area contributed by atoms with Crippen molar-refractivity contribution in [1.29, 1.82) is 0 Å². The van der Waals surface area contributed by atoms with Gasteiger partial charge in [-0.3, -0.25) is 4.79 Å². The fourth-order valence-electron chi connectivity index (χ4n) is 4.50. The molecule has 1 N–H and O–H groups in total. The second-order valence-corrected chi connectivity index (χ2v) is 6.35. The average molecular weight is 326 g/mol. The number of ether oxygens (including phenoxy) is 2. The number of hydrogen-bond acceptors (Lipinski definition) is 5. The van der Waals surface area contributed by atoms with Crippen LogP contribution in [0.4, 0.5) is 0 Å². The molecular formula is C18H21NO4. The average Bonchev–Trinajstić information content (AvgIpc) is 2.90. The molecule has 5 nitrogen and oxygen atoms in total. The number of likely N-dealkylation sites (N-methyl/N-ethyl adjacent to an activating group) is 1. The second-order valence-electron chi connectivity index (χ2n) is 6.35. The molecule has 1 saturated heterocycles. The molecule has 122 valence electrons. The van der Waals surface area contributed by atoms with Gasteiger partial charge in [-0.2, -0.15) is 0 Å². The highest BCUT2D eigenvalue weighted by Gasteiger charge is 2.72. The summed E-state index contributed by atoms with van der Waals surface area (Å²) < 4.78 is 100. The Hall–Kier alpha value is -1.59. The van der Waals surface area contributed by atoms with E-state index in [1.807, 2.05) is 0 Å². The van der Waals surface area contributed by atoms with Gasteiger partial charge >= 0.3 is 0 Å². The van der Waals surface area contributed by atoms with Gasteiger partial charge in [-0.25, -0.2) is 0 Å². The number of Topliss-reactive ketones (excluding diaryl/α,β-unsaturated/α-hetero) is 1. The first-order valence-corrected chi connectivity index (χ1v) is 7.34. The molecule has 2 fully saturated rings. The minimum Gasteiger partial charge on any atom is -0.493 e. The van der Waals surface area contributed by atoms with Crippen LogP contribution in [0.2, 0.25) is 0 Å². The maximum atomic E-state index is 13.3. The zero-order valence-corrected chi connectivity index (χ0v) is 12.0. The molecule has 1 aromatic rings. The number of nitrogens with zero attached hydrogens (tertiary/aromatic N) is 1. The molecule has 0 aromatic heterocycles. The second kappa shape index (κ2) is 4.08. The number of aliphatic hydroxyl groups is 1. The van der Waals surface area contributed by atoms with Crippen LogP contribution in [0.25, 0.3) is 0 Å². The van der Waals surface area contributed by atoms with Gasteiger partial charge in [0.15, 0.2) is 23.4 Å². The van der Waals surface area contributed by atoms with Gasteiger partial charge in [0.1, 0.15) is 0 Å². The predicted octanol–water partition coefficient (Wildman–Crippen LogP) is 1.05. The normalized spacial score (nSPS) is 56.3. The number of ketones is 1. The molecule has 5 heteroatoms. The molecule has 2 bridgehead atoms. The van der Waals surface area contributed by atoms with Gasteiger partial charge in [-0.05, 0) is 44.4 Å². The molecule has 2 aliphatic heterocycles. The van der Waals surface area contributed by atoms with Crippen LogP contribution < -0.4 is 9.47 Å². The summed E-state index contributed by atoms with van der Waals surface area (Å²) in [5, 5.41) is 12.1. The van der Waals surface area contributed by atoms with Crippen LogP contribution >= 0.6 is 0 Å². The van der Waals surface area contributed by atoms with Crippen LogP contribution in [0.5, 0.6) is 11.5 Å². The summed E-state index contributed by atoms with van der Waals surface area (Å²) in [5.74, 6) is -2.18. The minimum atomic E-state index is -2.97. The van der Waals surface area contributed by atoms with Crippen LogP contribution in [0, 0.1) is 0 Å². The molecule has 2 heterocycles. The van der Waals surface area contributed by atoms with E-state index in [1.165, 1.54) is 6.07 Å². The van der Waals surface area contributed by atoms with Crippen molar-refractivity contribution in [2.24, 2.45) is 0 Å². The van der Waals surface area contributed by atoms with Crippen LogP contribution in [-0.2, 0) is 16.6 Å². The molecule has 23 heavy (non-hydrogen) atoms. The number of piperidine rings is 1. The van der Waals surface area contributed by atoms with Gasteiger partial charge in [0.05, 0.1) is 23.5 Å². The van der Waals surface area contributed by atoms with Gasteiger partial charge in [0, 0.05) is 27.6 Å². The summed E-state index contributed by atoms with van der Waals surface area (Å²) in [5.41, 5.74) is -4.95. The number of hydrogen-bond donors (Lipinski definition) is 1.